The summed E-state index contributed by atoms with van der Waals surface area (Å²) in [6.45, 7) is 3.40. The van der Waals surface area contributed by atoms with E-state index in [0.717, 1.165) is 23.3 Å². The van der Waals surface area contributed by atoms with Gasteiger partial charge in [0.1, 0.15) is 11.6 Å². The number of oxazole rings is 1. The molecular formula is C22H20F2N2O4. The Balaban J connectivity index is 1.48. The van der Waals surface area contributed by atoms with Crippen molar-refractivity contribution in [2.24, 2.45) is 0 Å². The van der Waals surface area contributed by atoms with E-state index >= 15 is 0 Å². The molecule has 0 radical (unpaired) electrons. The topological polar surface area (TPSA) is 81.4 Å². The van der Waals surface area contributed by atoms with E-state index in [-0.39, 0.29) is 30.1 Å². The Morgan fingerprint density at radius 1 is 1.10 bits per heavy atom. The first kappa shape index (κ1) is 21.2. The maximum absolute atomic E-state index is 13.8. The van der Waals surface area contributed by atoms with Gasteiger partial charge in [0, 0.05) is 12.1 Å². The lowest BCUT2D eigenvalue weighted by Gasteiger charge is -2.08. The Hall–Kier alpha value is -3.55. The average molecular weight is 414 g/mol. The third kappa shape index (κ3) is 5.50. The molecule has 6 nitrogen and oxygen atoms in total. The molecule has 0 saturated carbocycles. The number of aryl methyl sites for hydroxylation is 3. The lowest BCUT2D eigenvalue weighted by Crippen LogP contribution is -2.21. The van der Waals surface area contributed by atoms with Crippen molar-refractivity contribution >= 4 is 17.6 Å². The van der Waals surface area contributed by atoms with Crippen LogP contribution in [0.4, 0.5) is 14.5 Å². The maximum atomic E-state index is 13.8. The molecule has 0 spiro atoms. The van der Waals surface area contributed by atoms with Gasteiger partial charge in [0.05, 0.1) is 18.2 Å². The van der Waals surface area contributed by atoms with Gasteiger partial charge in [0.2, 0.25) is 0 Å². The van der Waals surface area contributed by atoms with Crippen LogP contribution in [0.5, 0.6) is 0 Å². The number of nitrogens with zero attached hydrogens (tertiary/aromatic N) is 1. The Bertz CT molecular complexity index is 1040. The molecular weight excluding hydrogens is 394 g/mol. The van der Waals surface area contributed by atoms with Crippen molar-refractivity contribution in [1.29, 1.82) is 0 Å². The molecule has 30 heavy (non-hydrogen) atoms. The van der Waals surface area contributed by atoms with E-state index in [2.05, 4.69) is 10.3 Å². The van der Waals surface area contributed by atoms with Crippen molar-refractivity contribution in [2.45, 2.75) is 26.7 Å². The summed E-state index contributed by atoms with van der Waals surface area (Å²) >= 11 is 0. The second-order valence-corrected chi connectivity index (χ2v) is 6.80. The number of esters is 1. The highest BCUT2D eigenvalue weighted by molar-refractivity contribution is 5.92. The van der Waals surface area contributed by atoms with Gasteiger partial charge in [-0.05, 0) is 49.2 Å². The number of carbonyl (C=O) groups is 2. The van der Waals surface area contributed by atoms with Crippen LogP contribution in [0, 0.1) is 25.5 Å². The average Bonchev–Trinajstić information content (AvgIpc) is 3.12. The second-order valence-electron chi connectivity index (χ2n) is 6.80. The fourth-order valence-electron chi connectivity index (χ4n) is 2.95. The number of nitrogens with one attached hydrogen (secondary N) is 1. The molecule has 0 saturated heterocycles. The number of aromatic nitrogens is 1. The molecule has 0 aliphatic rings. The van der Waals surface area contributed by atoms with Crippen molar-refractivity contribution in [3.8, 4) is 11.3 Å². The van der Waals surface area contributed by atoms with Gasteiger partial charge in [0.15, 0.2) is 18.3 Å². The van der Waals surface area contributed by atoms with Crippen molar-refractivity contribution in [2.75, 3.05) is 11.9 Å². The molecule has 156 valence electrons. The van der Waals surface area contributed by atoms with Gasteiger partial charge in [-0.1, -0.05) is 12.1 Å². The van der Waals surface area contributed by atoms with Crippen molar-refractivity contribution in [3.05, 3.63) is 71.2 Å². The van der Waals surface area contributed by atoms with E-state index in [4.69, 9.17) is 9.15 Å². The summed E-state index contributed by atoms with van der Waals surface area (Å²) in [4.78, 5) is 27.7. The van der Waals surface area contributed by atoms with Crippen LogP contribution in [0.2, 0.25) is 0 Å². The third-order valence-corrected chi connectivity index (χ3v) is 4.18. The molecule has 3 aromatic rings. The van der Waals surface area contributed by atoms with Crippen LogP contribution in [-0.2, 0) is 20.7 Å². The first-order chi connectivity index (χ1) is 14.3. The minimum absolute atomic E-state index is 0.0631. The highest BCUT2D eigenvalue weighted by Crippen LogP contribution is 2.26. The fourth-order valence-corrected chi connectivity index (χ4v) is 2.95. The Morgan fingerprint density at radius 2 is 1.77 bits per heavy atom. The van der Waals surface area contributed by atoms with Gasteiger partial charge in [-0.2, -0.15) is 0 Å². The van der Waals surface area contributed by atoms with E-state index in [1.807, 2.05) is 32.0 Å². The predicted molar refractivity (Wildman–Crippen MR) is 106 cm³/mol. The monoisotopic (exact) mass is 414 g/mol. The van der Waals surface area contributed by atoms with Crippen LogP contribution in [0.1, 0.15) is 23.4 Å². The number of carbonyl (C=O) groups excluding carboxylic acids is 2. The van der Waals surface area contributed by atoms with E-state index in [9.17, 15) is 18.4 Å². The van der Waals surface area contributed by atoms with E-state index in [0.29, 0.717) is 5.69 Å². The molecule has 2 aromatic carbocycles. The molecule has 0 fully saturated rings. The van der Waals surface area contributed by atoms with Gasteiger partial charge >= 0.3 is 5.97 Å². The normalized spacial score (nSPS) is 10.7. The van der Waals surface area contributed by atoms with Crippen molar-refractivity contribution < 1.29 is 27.5 Å². The van der Waals surface area contributed by atoms with Gasteiger partial charge in [-0.25, -0.2) is 13.8 Å². The lowest BCUT2D eigenvalue weighted by atomic mass is 10.1. The Kier molecular flexibility index (Phi) is 6.56. The summed E-state index contributed by atoms with van der Waals surface area (Å²) in [5.74, 6) is -2.56. The maximum Gasteiger partial charge on any atom is 0.306 e. The number of amides is 1. The quantitative estimate of drug-likeness (QED) is 0.582. The summed E-state index contributed by atoms with van der Waals surface area (Å²) in [6.07, 6.45) is 1.16. The minimum atomic E-state index is -0.771. The molecule has 3 rings (SSSR count). The van der Waals surface area contributed by atoms with Crippen molar-refractivity contribution in [3.63, 3.8) is 0 Å². The summed E-state index contributed by atoms with van der Waals surface area (Å²) in [5.41, 5.74) is 2.31. The number of hydrogen-bond donors (Lipinski definition) is 1. The largest absolute Gasteiger partial charge is 0.456 e. The molecule has 1 aromatic heterocycles. The van der Waals surface area contributed by atoms with Gasteiger partial charge in [-0.15, -0.1) is 0 Å². The van der Waals surface area contributed by atoms with Gasteiger partial charge < -0.3 is 14.5 Å². The molecule has 1 heterocycles. The van der Waals surface area contributed by atoms with E-state index in [1.54, 1.807) is 0 Å². The first-order valence-corrected chi connectivity index (χ1v) is 9.24. The zero-order chi connectivity index (χ0) is 21.7. The highest BCUT2D eigenvalue weighted by atomic mass is 19.1. The smallest absolute Gasteiger partial charge is 0.306 e. The summed E-state index contributed by atoms with van der Waals surface area (Å²) in [5, 5.41) is 2.67. The zero-order valence-electron chi connectivity index (χ0n) is 16.5. The second kappa shape index (κ2) is 9.30. The third-order valence-electron chi connectivity index (χ3n) is 4.18. The molecule has 0 atom stereocenters. The van der Waals surface area contributed by atoms with Crippen molar-refractivity contribution in [1.82, 2.24) is 4.98 Å². The standard InChI is InChI=1S/C22H20F2N2O4/c1-13-8-14(2)10-15(9-13)26-19(27)12-29-21(28)7-6-20-25-11-18(30-20)22-16(23)4-3-5-17(22)24/h3-5,8-11H,6-7,12H2,1-2H3,(H,26,27). The van der Waals surface area contributed by atoms with E-state index in [1.165, 1.54) is 12.3 Å². The zero-order valence-corrected chi connectivity index (χ0v) is 16.5. The highest BCUT2D eigenvalue weighted by Gasteiger charge is 2.17. The minimum Gasteiger partial charge on any atom is -0.456 e. The number of anilines is 1. The van der Waals surface area contributed by atoms with Crippen LogP contribution < -0.4 is 5.32 Å². The predicted octanol–water partition coefficient (Wildman–Crippen LogP) is 4.35. The number of rotatable bonds is 7. The molecule has 0 aliphatic carbocycles. The number of benzene rings is 2. The van der Waals surface area contributed by atoms with Crippen LogP contribution in [0.15, 0.2) is 47.0 Å². The summed E-state index contributed by atoms with van der Waals surface area (Å²) in [6, 6.07) is 9.07. The van der Waals surface area contributed by atoms with Crippen LogP contribution >= 0.6 is 0 Å². The van der Waals surface area contributed by atoms with E-state index < -0.39 is 30.1 Å². The number of hydrogen-bond acceptors (Lipinski definition) is 5. The molecule has 8 heteroatoms. The SMILES string of the molecule is Cc1cc(C)cc(NC(=O)COC(=O)CCc2ncc(-c3c(F)cccc3F)o2)c1. The summed E-state index contributed by atoms with van der Waals surface area (Å²) < 4.78 is 37.9. The van der Waals surface area contributed by atoms with Gasteiger partial charge in [0.25, 0.3) is 5.91 Å². The lowest BCUT2D eigenvalue weighted by molar-refractivity contribution is -0.147. The fraction of sp³-hybridized carbons (Fsp3) is 0.227. The summed E-state index contributed by atoms with van der Waals surface area (Å²) in [7, 11) is 0. The Labute approximate surface area is 171 Å². The van der Waals surface area contributed by atoms with Crippen LogP contribution in [-0.4, -0.2) is 23.5 Å². The number of ether oxygens (including phenoxy) is 1. The molecule has 1 amide bonds. The number of halogens is 2. The molecule has 0 aliphatic heterocycles. The molecule has 0 unspecified atom stereocenters. The van der Waals surface area contributed by atoms with Crippen LogP contribution in [0.25, 0.3) is 11.3 Å². The molecule has 1 N–H and O–H groups in total. The first-order valence-electron chi connectivity index (χ1n) is 9.24. The Morgan fingerprint density at radius 3 is 2.43 bits per heavy atom. The van der Waals surface area contributed by atoms with Crippen LogP contribution in [0.3, 0.4) is 0 Å². The van der Waals surface area contributed by atoms with Gasteiger partial charge in [-0.3, -0.25) is 9.59 Å². The molecule has 0 bridgehead atoms.